The number of halogens is 2. The van der Waals surface area contributed by atoms with Crippen LogP contribution in [0.3, 0.4) is 0 Å². The van der Waals surface area contributed by atoms with Gasteiger partial charge in [-0.25, -0.2) is 23.7 Å². The Morgan fingerprint density at radius 2 is 1.89 bits per heavy atom. The molecule has 0 aromatic carbocycles. The van der Waals surface area contributed by atoms with Gasteiger partial charge in [-0.2, -0.15) is 5.10 Å². The monoisotopic (exact) mass is 399 g/mol. The maximum atomic E-state index is 13.5. The minimum Gasteiger partial charge on any atom is -0.384 e. The number of aliphatic hydroxyl groups is 1. The van der Waals surface area contributed by atoms with Crippen LogP contribution in [0.5, 0.6) is 0 Å². The van der Waals surface area contributed by atoms with Crippen LogP contribution in [0.4, 0.5) is 8.78 Å². The van der Waals surface area contributed by atoms with Crippen LogP contribution in [0, 0.1) is 5.41 Å². The van der Waals surface area contributed by atoms with Crippen molar-refractivity contribution in [2.45, 2.75) is 30.8 Å². The highest BCUT2D eigenvalue weighted by atomic mass is 32.1. The minimum absolute atomic E-state index is 0.110. The predicted octanol–water partition coefficient (Wildman–Crippen LogP) is 3.65. The van der Waals surface area contributed by atoms with Gasteiger partial charge in [0.15, 0.2) is 11.5 Å². The smallest absolute Gasteiger partial charge is 0.254 e. The number of aromatic nitrogens is 5. The molecule has 0 amide bonds. The first-order valence-corrected chi connectivity index (χ1v) is 9.76. The number of fused-ring (bicyclic) bond motifs is 2. The largest absolute Gasteiger partial charge is 0.384 e. The van der Waals surface area contributed by atoms with Gasteiger partial charge < -0.3 is 5.11 Å². The Kier molecular flexibility index (Phi) is 2.88. The molecule has 9 heteroatoms. The number of nitrogens with zero attached hydrogens (tertiary/aromatic N) is 5. The summed E-state index contributed by atoms with van der Waals surface area (Å²) in [6, 6.07) is 3.75. The normalized spacial score (nSPS) is 28.1. The fourth-order valence-corrected chi connectivity index (χ4v) is 5.45. The van der Waals surface area contributed by atoms with Crippen molar-refractivity contribution >= 4 is 32.6 Å². The maximum absolute atomic E-state index is 13.5. The maximum Gasteiger partial charge on any atom is 0.254 e. The van der Waals surface area contributed by atoms with Crippen LogP contribution < -0.4 is 0 Å². The van der Waals surface area contributed by atoms with Crippen molar-refractivity contribution < 1.29 is 13.9 Å². The van der Waals surface area contributed by atoms with Crippen LogP contribution in [0.25, 0.3) is 32.6 Å². The van der Waals surface area contributed by atoms with Gasteiger partial charge in [0.05, 0.1) is 0 Å². The molecule has 0 atom stereocenters. The van der Waals surface area contributed by atoms with Gasteiger partial charge in [0, 0.05) is 58.7 Å². The fourth-order valence-electron chi connectivity index (χ4n) is 4.36. The predicted molar refractivity (Wildman–Crippen MR) is 100 cm³/mol. The number of thiophene rings is 1. The molecule has 28 heavy (non-hydrogen) atoms. The third-order valence-corrected chi connectivity index (χ3v) is 7.17. The van der Waals surface area contributed by atoms with Gasteiger partial charge in [-0.3, -0.25) is 4.68 Å². The number of hydrogen-bond donors (Lipinski definition) is 1. The van der Waals surface area contributed by atoms with Crippen LogP contribution in [0.1, 0.15) is 24.1 Å². The highest BCUT2D eigenvalue weighted by Crippen LogP contribution is 2.76. The van der Waals surface area contributed by atoms with Crippen LogP contribution >= 0.6 is 11.3 Å². The zero-order chi connectivity index (χ0) is 19.3. The van der Waals surface area contributed by atoms with E-state index in [1.807, 2.05) is 25.4 Å². The summed E-state index contributed by atoms with van der Waals surface area (Å²) in [7, 11) is 1.84. The third-order valence-electron chi connectivity index (χ3n) is 5.94. The fraction of sp³-hybridized carbons (Fsp3) is 0.368. The molecule has 6 nitrogen and oxygen atoms in total. The van der Waals surface area contributed by atoms with E-state index in [2.05, 4.69) is 20.1 Å². The highest BCUT2D eigenvalue weighted by Gasteiger charge is 2.79. The van der Waals surface area contributed by atoms with Crippen LogP contribution in [0.2, 0.25) is 0 Å². The van der Waals surface area contributed by atoms with E-state index in [4.69, 9.17) is 0 Å². The van der Waals surface area contributed by atoms with E-state index in [9.17, 15) is 13.9 Å². The van der Waals surface area contributed by atoms with Crippen molar-refractivity contribution in [3.8, 4) is 11.4 Å². The topological polar surface area (TPSA) is 76.7 Å². The molecule has 1 N–H and O–H groups in total. The molecule has 0 bridgehead atoms. The summed E-state index contributed by atoms with van der Waals surface area (Å²) in [5.74, 6) is -2.09. The third kappa shape index (κ3) is 2.14. The van der Waals surface area contributed by atoms with E-state index in [1.165, 1.54) is 11.3 Å². The Morgan fingerprint density at radius 1 is 1.11 bits per heavy atom. The number of pyridine rings is 1. The lowest BCUT2D eigenvalue weighted by atomic mass is 9.67. The number of hydrogen-bond acceptors (Lipinski definition) is 6. The lowest BCUT2D eigenvalue weighted by Gasteiger charge is -2.43. The summed E-state index contributed by atoms with van der Waals surface area (Å²) in [5, 5.41) is 16.8. The van der Waals surface area contributed by atoms with Crippen molar-refractivity contribution in [1.29, 1.82) is 0 Å². The Morgan fingerprint density at radius 3 is 2.64 bits per heavy atom. The van der Waals surface area contributed by atoms with Gasteiger partial charge in [0.25, 0.3) is 5.92 Å². The van der Waals surface area contributed by atoms with Gasteiger partial charge in [-0.1, -0.05) is 0 Å². The van der Waals surface area contributed by atoms with E-state index in [-0.39, 0.29) is 19.3 Å². The first kappa shape index (κ1) is 16.4. The Labute approximate surface area is 161 Å². The number of rotatable bonds is 2. The van der Waals surface area contributed by atoms with E-state index in [0.29, 0.717) is 16.3 Å². The van der Waals surface area contributed by atoms with Crippen LogP contribution in [0.15, 0.2) is 30.7 Å². The first-order valence-electron chi connectivity index (χ1n) is 8.94. The SMILES string of the molecule is Cn1cc2cc(-c3ncc4cc(C5(O)CC6(C5)CC6(F)F)sc4n3)cnc2n1. The second kappa shape index (κ2) is 4.90. The Bertz CT molecular complexity index is 1270. The summed E-state index contributed by atoms with van der Waals surface area (Å²) in [6.07, 6.45) is 5.38. The quantitative estimate of drug-likeness (QED) is 0.557. The minimum atomic E-state index is -2.62. The molecule has 0 unspecified atom stereocenters. The number of aryl methyl sites for hydroxylation is 1. The standard InChI is InChI=1S/C19H15F2N5OS/c1-26-6-12-2-10(4-23-15(12)25-26)14-22-5-11-3-13(28-16(11)24-14)18(27)7-17(8-18)9-19(17,20)21/h2-6,27H,7-9H2,1H3. The van der Waals surface area contributed by atoms with E-state index >= 15 is 0 Å². The molecule has 142 valence electrons. The molecule has 1 spiro atoms. The molecule has 4 aromatic rings. The first-order chi connectivity index (χ1) is 13.3. The molecule has 2 fully saturated rings. The molecule has 2 aliphatic rings. The van der Waals surface area contributed by atoms with Gasteiger partial charge in [-0.15, -0.1) is 11.3 Å². The number of alkyl halides is 2. The molecule has 0 saturated heterocycles. The lowest BCUT2D eigenvalue weighted by Crippen LogP contribution is -2.44. The molecular formula is C19H15F2N5OS. The van der Waals surface area contributed by atoms with E-state index in [0.717, 1.165) is 21.2 Å². The Hall–Kier alpha value is -2.52. The molecule has 6 rings (SSSR count). The van der Waals surface area contributed by atoms with Crippen molar-refractivity contribution in [3.05, 3.63) is 35.6 Å². The van der Waals surface area contributed by atoms with Crippen molar-refractivity contribution in [2.75, 3.05) is 0 Å². The summed E-state index contributed by atoms with van der Waals surface area (Å²) in [5.41, 5.74) is -0.735. The average Bonchev–Trinajstić information content (AvgIpc) is 2.96. The molecule has 4 heterocycles. The molecule has 4 aromatic heterocycles. The van der Waals surface area contributed by atoms with Crippen LogP contribution in [-0.2, 0) is 12.6 Å². The second-order valence-corrected chi connectivity index (χ2v) is 9.08. The highest BCUT2D eigenvalue weighted by molar-refractivity contribution is 7.18. The van der Waals surface area contributed by atoms with Crippen molar-refractivity contribution in [2.24, 2.45) is 12.5 Å². The Balaban J connectivity index is 1.35. The van der Waals surface area contributed by atoms with Crippen molar-refractivity contribution in [1.82, 2.24) is 24.7 Å². The van der Waals surface area contributed by atoms with Gasteiger partial charge >= 0.3 is 0 Å². The average molecular weight is 399 g/mol. The van der Waals surface area contributed by atoms with E-state index in [1.54, 1.807) is 17.1 Å². The molecule has 2 saturated carbocycles. The van der Waals surface area contributed by atoms with Gasteiger partial charge in [-0.05, 0) is 25.0 Å². The van der Waals surface area contributed by atoms with Crippen molar-refractivity contribution in [3.63, 3.8) is 0 Å². The second-order valence-electron chi connectivity index (χ2n) is 8.05. The van der Waals surface area contributed by atoms with E-state index < -0.39 is 16.9 Å². The summed E-state index contributed by atoms with van der Waals surface area (Å²) in [4.78, 5) is 14.8. The lowest BCUT2D eigenvalue weighted by molar-refractivity contribution is -0.127. The summed E-state index contributed by atoms with van der Waals surface area (Å²) >= 11 is 1.34. The molecular weight excluding hydrogens is 384 g/mol. The van der Waals surface area contributed by atoms with Gasteiger partial charge in [0.1, 0.15) is 10.4 Å². The zero-order valence-corrected chi connectivity index (χ0v) is 15.7. The van der Waals surface area contributed by atoms with Gasteiger partial charge in [0.2, 0.25) is 0 Å². The van der Waals surface area contributed by atoms with Crippen LogP contribution in [-0.4, -0.2) is 35.8 Å². The molecule has 0 radical (unpaired) electrons. The molecule has 0 aliphatic heterocycles. The summed E-state index contributed by atoms with van der Waals surface area (Å²) < 4.78 is 28.7. The summed E-state index contributed by atoms with van der Waals surface area (Å²) in [6.45, 7) is 0. The zero-order valence-electron chi connectivity index (χ0n) is 14.9. The molecule has 2 aliphatic carbocycles.